The second-order valence-corrected chi connectivity index (χ2v) is 9.38. The van der Waals surface area contributed by atoms with Crippen LogP contribution in [0.15, 0.2) is 24.3 Å². The molecule has 0 N–H and O–H groups in total. The molecule has 1 aromatic rings. The number of amides is 1. The smallest absolute Gasteiger partial charge is 0.344 e. The van der Waals surface area contributed by atoms with E-state index in [0.717, 1.165) is 0 Å². The van der Waals surface area contributed by atoms with Crippen LogP contribution in [0.25, 0.3) is 0 Å². The summed E-state index contributed by atoms with van der Waals surface area (Å²) in [6.07, 6.45) is -0.599. The van der Waals surface area contributed by atoms with Crippen molar-refractivity contribution < 1.29 is 27.5 Å². The first-order valence-electron chi connectivity index (χ1n) is 8.98. The van der Waals surface area contributed by atoms with Gasteiger partial charge in [0.2, 0.25) is 0 Å². The van der Waals surface area contributed by atoms with E-state index < -0.39 is 27.8 Å². The highest BCUT2D eigenvalue weighted by molar-refractivity contribution is 7.91. The Bertz CT molecular complexity index is 772. The summed E-state index contributed by atoms with van der Waals surface area (Å²) < 4.78 is 33.6. The third-order valence-corrected chi connectivity index (χ3v) is 6.41. The van der Waals surface area contributed by atoms with E-state index in [1.54, 1.807) is 12.1 Å². The second kappa shape index (κ2) is 8.73. The van der Waals surface area contributed by atoms with E-state index in [-0.39, 0.29) is 24.2 Å². The second-order valence-electron chi connectivity index (χ2n) is 7.15. The number of esters is 1. The van der Waals surface area contributed by atoms with Gasteiger partial charge in [0.1, 0.15) is 5.75 Å². The molecule has 1 amide bonds. The lowest BCUT2D eigenvalue weighted by molar-refractivity contribution is -0.160. The molecular formula is C19H27NO6S. The standard InChI is InChI=1S/C19H27NO6S/c1-13(2)15-5-7-17(8-6-15)25-11-18(21)26-14(3)19(22)20(4)16-9-10-27(23,24)12-16/h5-8,13-14,16H,9-12H2,1-4H3. The molecule has 1 heterocycles. The van der Waals surface area contributed by atoms with E-state index in [0.29, 0.717) is 18.1 Å². The van der Waals surface area contributed by atoms with Crippen molar-refractivity contribution >= 4 is 21.7 Å². The highest BCUT2D eigenvalue weighted by Crippen LogP contribution is 2.19. The fourth-order valence-electron chi connectivity index (χ4n) is 2.92. The minimum atomic E-state index is -3.09. The first kappa shape index (κ1) is 21.2. The van der Waals surface area contributed by atoms with Gasteiger partial charge in [-0.15, -0.1) is 0 Å². The fraction of sp³-hybridized carbons (Fsp3) is 0.579. The molecule has 0 saturated carbocycles. The van der Waals surface area contributed by atoms with Crippen molar-refractivity contribution in [1.29, 1.82) is 0 Å². The van der Waals surface area contributed by atoms with Crippen LogP contribution in [0.2, 0.25) is 0 Å². The monoisotopic (exact) mass is 397 g/mol. The van der Waals surface area contributed by atoms with Gasteiger partial charge in [-0.2, -0.15) is 0 Å². The number of benzene rings is 1. The summed E-state index contributed by atoms with van der Waals surface area (Å²) in [5.41, 5.74) is 1.17. The first-order chi connectivity index (χ1) is 12.6. The molecule has 0 aliphatic carbocycles. The van der Waals surface area contributed by atoms with Gasteiger partial charge < -0.3 is 14.4 Å². The average Bonchev–Trinajstić information content (AvgIpc) is 2.98. The molecule has 1 aromatic carbocycles. The van der Waals surface area contributed by atoms with Crippen molar-refractivity contribution in [3.05, 3.63) is 29.8 Å². The van der Waals surface area contributed by atoms with E-state index in [1.807, 2.05) is 12.1 Å². The minimum absolute atomic E-state index is 0.0502. The molecule has 27 heavy (non-hydrogen) atoms. The van der Waals surface area contributed by atoms with E-state index in [2.05, 4.69) is 13.8 Å². The van der Waals surface area contributed by atoms with Gasteiger partial charge in [0, 0.05) is 13.1 Å². The summed E-state index contributed by atoms with van der Waals surface area (Å²) in [6, 6.07) is 7.06. The summed E-state index contributed by atoms with van der Waals surface area (Å²) in [5, 5.41) is 0. The largest absolute Gasteiger partial charge is 0.482 e. The zero-order valence-electron chi connectivity index (χ0n) is 16.2. The molecule has 2 atom stereocenters. The zero-order chi connectivity index (χ0) is 20.2. The average molecular weight is 397 g/mol. The van der Waals surface area contributed by atoms with Gasteiger partial charge in [0.25, 0.3) is 5.91 Å². The maximum absolute atomic E-state index is 12.4. The number of hydrogen-bond acceptors (Lipinski definition) is 6. The number of rotatable bonds is 7. The van der Waals surface area contributed by atoms with E-state index in [9.17, 15) is 18.0 Å². The number of sulfone groups is 1. The third kappa shape index (κ3) is 5.95. The molecule has 150 valence electrons. The number of carbonyl (C=O) groups is 2. The van der Waals surface area contributed by atoms with E-state index >= 15 is 0 Å². The van der Waals surface area contributed by atoms with Crippen LogP contribution in [0.4, 0.5) is 0 Å². The zero-order valence-corrected chi connectivity index (χ0v) is 17.0. The molecule has 1 fully saturated rings. The van der Waals surface area contributed by atoms with Gasteiger partial charge in [0.05, 0.1) is 11.5 Å². The van der Waals surface area contributed by atoms with Crippen LogP contribution in [0.1, 0.15) is 38.7 Å². The Balaban J connectivity index is 1.81. The molecule has 1 aliphatic heterocycles. The van der Waals surface area contributed by atoms with Crippen molar-refractivity contribution in [2.24, 2.45) is 0 Å². The maximum atomic E-state index is 12.4. The van der Waals surface area contributed by atoms with Crippen molar-refractivity contribution in [2.75, 3.05) is 25.2 Å². The lowest BCUT2D eigenvalue weighted by Gasteiger charge is -2.26. The van der Waals surface area contributed by atoms with Gasteiger partial charge in [0.15, 0.2) is 22.5 Å². The summed E-state index contributed by atoms with van der Waals surface area (Å²) in [6.45, 7) is 5.34. The third-order valence-electron chi connectivity index (χ3n) is 4.66. The molecule has 7 nitrogen and oxygen atoms in total. The lowest BCUT2D eigenvalue weighted by atomic mass is 10.0. The Morgan fingerprint density at radius 2 is 1.81 bits per heavy atom. The Hall–Kier alpha value is -2.09. The van der Waals surface area contributed by atoms with Crippen LogP contribution in [0, 0.1) is 0 Å². The lowest BCUT2D eigenvalue weighted by Crippen LogP contribution is -2.44. The maximum Gasteiger partial charge on any atom is 0.344 e. The molecule has 0 aromatic heterocycles. The molecule has 1 saturated heterocycles. The summed E-state index contributed by atoms with van der Waals surface area (Å²) in [5.74, 6) is -0.104. The van der Waals surface area contributed by atoms with Gasteiger partial charge in [-0.3, -0.25) is 4.79 Å². The van der Waals surface area contributed by atoms with Crippen LogP contribution in [-0.4, -0.2) is 62.5 Å². The quantitative estimate of drug-likeness (QED) is 0.652. The topological polar surface area (TPSA) is 90.0 Å². The molecule has 1 aliphatic rings. The Labute approximate surface area is 160 Å². The van der Waals surface area contributed by atoms with Gasteiger partial charge in [-0.05, 0) is 37.0 Å². The SMILES string of the molecule is CC(OC(=O)COc1ccc(C(C)C)cc1)C(=O)N(C)C1CCS(=O)(=O)C1. The van der Waals surface area contributed by atoms with Crippen LogP contribution in [-0.2, 0) is 24.2 Å². The number of carbonyl (C=O) groups excluding carboxylic acids is 2. The Kier molecular flexibility index (Phi) is 6.86. The number of ether oxygens (including phenoxy) is 2. The molecule has 0 spiro atoms. The van der Waals surface area contributed by atoms with Crippen LogP contribution < -0.4 is 4.74 Å². The Morgan fingerprint density at radius 3 is 2.33 bits per heavy atom. The normalized spacial score (nSPS) is 19.5. The number of likely N-dealkylation sites (N-methyl/N-ethyl adjacent to an activating group) is 1. The van der Waals surface area contributed by atoms with Crippen LogP contribution in [0.5, 0.6) is 5.75 Å². The predicted molar refractivity (Wildman–Crippen MR) is 101 cm³/mol. The molecular weight excluding hydrogens is 370 g/mol. The van der Waals surface area contributed by atoms with E-state index in [1.165, 1.54) is 24.4 Å². The highest BCUT2D eigenvalue weighted by Gasteiger charge is 2.34. The van der Waals surface area contributed by atoms with Crippen molar-refractivity contribution in [1.82, 2.24) is 4.90 Å². The van der Waals surface area contributed by atoms with Crippen molar-refractivity contribution in [2.45, 2.75) is 45.3 Å². The van der Waals surface area contributed by atoms with Gasteiger partial charge >= 0.3 is 5.97 Å². The number of hydrogen-bond donors (Lipinski definition) is 0. The van der Waals surface area contributed by atoms with E-state index in [4.69, 9.17) is 9.47 Å². The van der Waals surface area contributed by atoms with Gasteiger partial charge in [-0.25, -0.2) is 13.2 Å². The molecule has 2 rings (SSSR count). The molecule has 8 heteroatoms. The predicted octanol–water partition coefficient (Wildman–Crippen LogP) is 1.77. The van der Waals surface area contributed by atoms with Crippen LogP contribution in [0.3, 0.4) is 0 Å². The van der Waals surface area contributed by atoms with Crippen molar-refractivity contribution in [3.63, 3.8) is 0 Å². The molecule has 0 bridgehead atoms. The van der Waals surface area contributed by atoms with Gasteiger partial charge in [-0.1, -0.05) is 26.0 Å². The summed E-state index contributed by atoms with van der Waals surface area (Å²) >= 11 is 0. The summed E-state index contributed by atoms with van der Waals surface area (Å²) in [7, 11) is -1.56. The first-order valence-corrected chi connectivity index (χ1v) is 10.8. The molecule has 0 radical (unpaired) electrons. The van der Waals surface area contributed by atoms with Crippen LogP contribution >= 0.6 is 0 Å². The van der Waals surface area contributed by atoms with Crippen molar-refractivity contribution in [3.8, 4) is 5.75 Å². The Morgan fingerprint density at radius 1 is 1.19 bits per heavy atom. The fourth-order valence-corrected chi connectivity index (χ4v) is 4.69. The number of nitrogens with zero attached hydrogens (tertiary/aromatic N) is 1. The summed E-state index contributed by atoms with van der Waals surface area (Å²) in [4.78, 5) is 25.7. The highest BCUT2D eigenvalue weighted by atomic mass is 32.2. The molecule has 2 unspecified atom stereocenters. The minimum Gasteiger partial charge on any atom is -0.482 e.